The van der Waals surface area contributed by atoms with Gasteiger partial charge in [0.2, 0.25) is 5.95 Å². The van der Waals surface area contributed by atoms with Crippen LogP contribution in [0.2, 0.25) is 10.0 Å². The van der Waals surface area contributed by atoms with Crippen LogP contribution < -0.4 is 10.6 Å². The van der Waals surface area contributed by atoms with Gasteiger partial charge in [-0.3, -0.25) is 0 Å². The van der Waals surface area contributed by atoms with Gasteiger partial charge in [-0.2, -0.15) is 10.1 Å². The van der Waals surface area contributed by atoms with Crippen LogP contribution in [0, 0.1) is 0 Å². The van der Waals surface area contributed by atoms with Crippen molar-refractivity contribution >= 4 is 40.7 Å². The average molecular weight is 374 g/mol. The molecule has 0 saturated carbocycles. The second-order valence-electron chi connectivity index (χ2n) is 5.43. The molecule has 0 saturated heterocycles. The number of nitrogens with one attached hydrogen (secondary N) is 2. The maximum atomic E-state index is 6.15. The molecule has 7 heteroatoms. The highest BCUT2D eigenvalue weighted by Gasteiger charge is 2.05. The summed E-state index contributed by atoms with van der Waals surface area (Å²) in [6.45, 7) is 0.762. The van der Waals surface area contributed by atoms with Gasteiger partial charge in [-0.25, -0.2) is 0 Å². The highest BCUT2D eigenvalue weighted by Crippen LogP contribution is 2.27. The van der Waals surface area contributed by atoms with Crippen molar-refractivity contribution in [1.29, 1.82) is 0 Å². The van der Waals surface area contributed by atoms with E-state index in [1.807, 2.05) is 18.2 Å². The standard InChI is InChI=1S/C18H17Cl2N5/c19-14-8-9-15(20)16(11-14)23-17-12-22-25-18(24-17)21-10-4-7-13-5-2-1-3-6-13/h1-3,5-6,8-9,11-12H,4,7,10H2,(H2,21,23,24,25). The maximum absolute atomic E-state index is 6.15. The molecule has 2 aromatic carbocycles. The molecule has 0 aliphatic carbocycles. The van der Waals surface area contributed by atoms with E-state index in [4.69, 9.17) is 23.2 Å². The predicted octanol–water partition coefficient (Wildman–Crippen LogP) is 4.97. The Kier molecular flexibility index (Phi) is 6.04. The number of nitrogens with zero attached hydrogens (tertiary/aromatic N) is 3. The normalized spacial score (nSPS) is 10.5. The zero-order chi connectivity index (χ0) is 17.5. The fraction of sp³-hybridized carbons (Fsp3) is 0.167. The van der Waals surface area contributed by atoms with Gasteiger partial charge in [-0.15, -0.1) is 5.10 Å². The van der Waals surface area contributed by atoms with Gasteiger partial charge in [-0.1, -0.05) is 53.5 Å². The van der Waals surface area contributed by atoms with E-state index in [0.717, 1.165) is 19.4 Å². The summed E-state index contributed by atoms with van der Waals surface area (Å²) in [6.07, 6.45) is 3.51. The van der Waals surface area contributed by atoms with Gasteiger partial charge >= 0.3 is 0 Å². The molecule has 0 aliphatic heterocycles. The molecule has 1 aromatic heterocycles. The molecule has 0 aliphatic rings. The fourth-order valence-corrected chi connectivity index (χ4v) is 2.64. The zero-order valence-electron chi connectivity index (χ0n) is 13.4. The van der Waals surface area contributed by atoms with E-state index in [0.29, 0.717) is 27.5 Å². The molecular weight excluding hydrogens is 357 g/mol. The third kappa shape index (κ3) is 5.31. The minimum absolute atomic E-state index is 0.469. The Bertz CT molecular complexity index is 827. The lowest BCUT2D eigenvalue weighted by Gasteiger charge is -2.09. The first-order valence-electron chi connectivity index (χ1n) is 7.90. The Labute approximate surface area is 156 Å². The molecule has 3 aromatic rings. The summed E-state index contributed by atoms with van der Waals surface area (Å²) in [4.78, 5) is 4.39. The summed E-state index contributed by atoms with van der Waals surface area (Å²) in [7, 11) is 0. The SMILES string of the molecule is Clc1ccc(Cl)c(Nc2cnnc(NCCCc3ccccc3)n2)c1. The Hall–Kier alpha value is -2.37. The van der Waals surface area contributed by atoms with Crippen molar-refractivity contribution in [1.82, 2.24) is 15.2 Å². The molecule has 0 amide bonds. The van der Waals surface area contributed by atoms with Crippen LogP contribution in [0.4, 0.5) is 17.5 Å². The molecule has 0 spiro atoms. The molecule has 3 rings (SSSR count). The lowest BCUT2D eigenvalue weighted by Crippen LogP contribution is -2.08. The number of anilines is 3. The second kappa shape index (κ2) is 8.65. The number of rotatable bonds is 7. The number of benzene rings is 2. The van der Waals surface area contributed by atoms with Crippen molar-refractivity contribution in [2.75, 3.05) is 17.2 Å². The average Bonchev–Trinajstić information content (AvgIpc) is 2.63. The monoisotopic (exact) mass is 373 g/mol. The smallest absolute Gasteiger partial charge is 0.244 e. The third-order valence-corrected chi connectivity index (χ3v) is 4.08. The lowest BCUT2D eigenvalue weighted by molar-refractivity contribution is 0.843. The van der Waals surface area contributed by atoms with Crippen molar-refractivity contribution in [3.8, 4) is 0 Å². The number of aryl methyl sites for hydroxylation is 1. The van der Waals surface area contributed by atoms with Crippen LogP contribution in [0.5, 0.6) is 0 Å². The van der Waals surface area contributed by atoms with Gasteiger partial charge < -0.3 is 10.6 Å². The van der Waals surface area contributed by atoms with Gasteiger partial charge in [0.25, 0.3) is 0 Å². The predicted molar refractivity (Wildman–Crippen MR) is 103 cm³/mol. The van der Waals surface area contributed by atoms with Crippen LogP contribution in [0.1, 0.15) is 12.0 Å². The molecular formula is C18H17Cl2N5. The molecule has 25 heavy (non-hydrogen) atoms. The molecule has 0 atom stereocenters. The Morgan fingerprint density at radius 2 is 1.84 bits per heavy atom. The summed E-state index contributed by atoms with van der Waals surface area (Å²) in [5.41, 5.74) is 1.99. The number of aromatic nitrogens is 3. The first kappa shape index (κ1) is 17.5. The van der Waals surface area contributed by atoms with E-state index >= 15 is 0 Å². The van der Waals surface area contributed by atoms with Crippen LogP contribution in [0.15, 0.2) is 54.7 Å². The molecule has 5 nitrogen and oxygen atoms in total. The quantitative estimate of drug-likeness (QED) is 0.572. The summed E-state index contributed by atoms with van der Waals surface area (Å²) in [6, 6.07) is 15.5. The number of hydrogen-bond donors (Lipinski definition) is 2. The molecule has 0 radical (unpaired) electrons. The fourth-order valence-electron chi connectivity index (χ4n) is 2.31. The number of halogens is 2. The summed E-state index contributed by atoms with van der Waals surface area (Å²) < 4.78 is 0. The Balaban J connectivity index is 1.55. The Morgan fingerprint density at radius 3 is 2.68 bits per heavy atom. The van der Waals surface area contributed by atoms with E-state index in [9.17, 15) is 0 Å². The maximum Gasteiger partial charge on any atom is 0.244 e. The minimum Gasteiger partial charge on any atom is -0.353 e. The van der Waals surface area contributed by atoms with E-state index in [1.165, 1.54) is 11.8 Å². The van der Waals surface area contributed by atoms with Crippen LogP contribution in [0.3, 0.4) is 0 Å². The first-order valence-corrected chi connectivity index (χ1v) is 8.66. The summed E-state index contributed by atoms with van der Waals surface area (Å²) in [5, 5.41) is 15.4. The third-order valence-electron chi connectivity index (χ3n) is 3.52. The van der Waals surface area contributed by atoms with E-state index < -0.39 is 0 Å². The largest absolute Gasteiger partial charge is 0.353 e. The molecule has 1 heterocycles. The van der Waals surface area contributed by atoms with Crippen molar-refractivity contribution in [3.05, 3.63) is 70.3 Å². The topological polar surface area (TPSA) is 62.7 Å². The van der Waals surface area contributed by atoms with Crippen molar-refractivity contribution in [2.24, 2.45) is 0 Å². The van der Waals surface area contributed by atoms with Crippen molar-refractivity contribution < 1.29 is 0 Å². The highest BCUT2D eigenvalue weighted by molar-refractivity contribution is 6.35. The molecule has 0 fully saturated rings. The minimum atomic E-state index is 0.469. The molecule has 2 N–H and O–H groups in total. The summed E-state index contributed by atoms with van der Waals surface area (Å²) in [5.74, 6) is 1.01. The first-order chi connectivity index (χ1) is 12.2. The van der Waals surface area contributed by atoms with Crippen LogP contribution in [0.25, 0.3) is 0 Å². The van der Waals surface area contributed by atoms with Crippen molar-refractivity contribution in [3.63, 3.8) is 0 Å². The van der Waals surface area contributed by atoms with E-state index in [1.54, 1.807) is 18.2 Å². The van der Waals surface area contributed by atoms with Crippen LogP contribution >= 0.6 is 23.2 Å². The molecule has 128 valence electrons. The van der Waals surface area contributed by atoms with Crippen LogP contribution in [-0.4, -0.2) is 21.7 Å². The number of hydrogen-bond acceptors (Lipinski definition) is 5. The second-order valence-corrected chi connectivity index (χ2v) is 6.27. The van der Waals surface area contributed by atoms with Gasteiger partial charge in [-0.05, 0) is 36.6 Å². The van der Waals surface area contributed by atoms with Crippen molar-refractivity contribution in [2.45, 2.75) is 12.8 Å². The molecule has 0 bridgehead atoms. The van der Waals surface area contributed by atoms with E-state index in [2.05, 4.69) is 37.9 Å². The van der Waals surface area contributed by atoms with Gasteiger partial charge in [0.05, 0.1) is 16.9 Å². The lowest BCUT2D eigenvalue weighted by atomic mass is 10.1. The van der Waals surface area contributed by atoms with Gasteiger partial charge in [0.1, 0.15) is 0 Å². The van der Waals surface area contributed by atoms with Gasteiger partial charge in [0.15, 0.2) is 5.82 Å². The molecule has 0 unspecified atom stereocenters. The zero-order valence-corrected chi connectivity index (χ0v) is 14.9. The highest BCUT2D eigenvalue weighted by atomic mass is 35.5. The summed E-state index contributed by atoms with van der Waals surface area (Å²) >= 11 is 12.1. The van der Waals surface area contributed by atoms with Gasteiger partial charge in [0, 0.05) is 11.6 Å². The van der Waals surface area contributed by atoms with Crippen LogP contribution in [-0.2, 0) is 6.42 Å². The van der Waals surface area contributed by atoms with E-state index in [-0.39, 0.29) is 0 Å². The Morgan fingerprint density at radius 1 is 1.00 bits per heavy atom.